The van der Waals surface area contributed by atoms with E-state index >= 15 is 0 Å². The Balaban J connectivity index is 1.51. The molecule has 112 valence electrons. The van der Waals surface area contributed by atoms with Gasteiger partial charge in [-0.05, 0) is 48.8 Å². The summed E-state index contributed by atoms with van der Waals surface area (Å²) in [5, 5.41) is 0.797. The van der Waals surface area contributed by atoms with Gasteiger partial charge in [-0.3, -0.25) is 4.79 Å². The van der Waals surface area contributed by atoms with Gasteiger partial charge in [-0.1, -0.05) is 17.7 Å². The van der Waals surface area contributed by atoms with Gasteiger partial charge < -0.3 is 9.64 Å². The number of carbonyl (C=O) groups excluding carboxylic acids is 1. The lowest BCUT2D eigenvalue weighted by atomic mass is 9.80. The quantitative estimate of drug-likeness (QED) is 0.785. The summed E-state index contributed by atoms with van der Waals surface area (Å²) < 4.78 is 5.53. The van der Waals surface area contributed by atoms with Gasteiger partial charge in [0.15, 0.2) is 0 Å². The molecule has 0 N–H and O–H groups in total. The van der Waals surface area contributed by atoms with E-state index < -0.39 is 0 Å². The number of benzene rings is 1. The molecule has 5 unspecified atom stereocenters. The fourth-order valence-electron chi connectivity index (χ4n) is 4.91. The monoisotopic (exact) mass is 305 g/mol. The Morgan fingerprint density at radius 2 is 2.05 bits per heavy atom. The molecule has 0 spiro atoms. The molecule has 1 aliphatic heterocycles. The van der Waals surface area contributed by atoms with E-state index in [-0.39, 0.29) is 12.1 Å². The molecule has 1 aromatic carbocycles. The molecule has 0 aromatic heterocycles. The van der Waals surface area contributed by atoms with E-state index in [1.54, 1.807) is 0 Å². The van der Waals surface area contributed by atoms with Crippen LogP contribution in [0.3, 0.4) is 0 Å². The molecule has 3 nitrogen and oxygen atoms in total. The maximum absolute atomic E-state index is 11.2. The molecule has 21 heavy (non-hydrogen) atoms. The first-order chi connectivity index (χ1) is 10.1. The van der Waals surface area contributed by atoms with Crippen molar-refractivity contribution in [2.45, 2.75) is 25.9 Å². The highest BCUT2D eigenvalue weighted by molar-refractivity contribution is 6.30. The van der Waals surface area contributed by atoms with Gasteiger partial charge in [0.25, 0.3) is 0 Å². The van der Waals surface area contributed by atoms with Crippen molar-refractivity contribution in [3.8, 4) is 0 Å². The zero-order valence-corrected chi connectivity index (χ0v) is 12.9. The third-order valence-electron chi connectivity index (χ3n) is 5.65. The summed E-state index contributed by atoms with van der Waals surface area (Å²) in [4.78, 5) is 13.7. The van der Waals surface area contributed by atoms with Crippen LogP contribution in [-0.4, -0.2) is 25.2 Å². The first-order valence-electron chi connectivity index (χ1n) is 7.79. The highest BCUT2D eigenvalue weighted by atomic mass is 35.5. The molecule has 2 bridgehead atoms. The first-order valence-corrected chi connectivity index (χ1v) is 8.17. The molecule has 0 amide bonds. The van der Waals surface area contributed by atoms with Crippen LogP contribution in [-0.2, 0) is 9.53 Å². The lowest BCUT2D eigenvalue weighted by molar-refractivity contribution is -0.150. The van der Waals surface area contributed by atoms with Crippen LogP contribution in [0.5, 0.6) is 0 Å². The van der Waals surface area contributed by atoms with Crippen LogP contribution in [0.4, 0.5) is 5.69 Å². The predicted molar refractivity (Wildman–Crippen MR) is 82.4 cm³/mol. The van der Waals surface area contributed by atoms with Crippen LogP contribution in [0, 0.1) is 23.7 Å². The number of carbonyl (C=O) groups is 1. The van der Waals surface area contributed by atoms with Gasteiger partial charge in [-0.2, -0.15) is 0 Å². The van der Waals surface area contributed by atoms with Crippen molar-refractivity contribution in [2.24, 2.45) is 23.7 Å². The minimum Gasteiger partial charge on any atom is -0.462 e. The number of hydrogen-bond donors (Lipinski definition) is 0. The molecule has 1 aromatic rings. The molecule has 3 aliphatic rings. The summed E-state index contributed by atoms with van der Waals surface area (Å²) in [6.45, 7) is 3.72. The zero-order valence-electron chi connectivity index (χ0n) is 12.2. The Morgan fingerprint density at radius 3 is 2.81 bits per heavy atom. The molecular formula is C17H20ClNO2. The molecule has 0 radical (unpaired) electrons. The maximum Gasteiger partial charge on any atom is 0.302 e. The molecule has 2 aliphatic carbocycles. The number of anilines is 1. The van der Waals surface area contributed by atoms with Crippen molar-refractivity contribution in [3.05, 3.63) is 29.3 Å². The number of fused-ring (bicyclic) bond motifs is 5. The summed E-state index contributed by atoms with van der Waals surface area (Å²) in [7, 11) is 0. The zero-order chi connectivity index (χ0) is 14.6. The fourth-order valence-corrected chi connectivity index (χ4v) is 5.09. The van der Waals surface area contributed by atoms with Crippen molar-refractivity contribution in [1.82, 2.24) is 0 Å². The van der Waals surface area contributed by atoms with Crippen LogP contribution >= 0.6 is 11.6 Å². The van der Waals surface area contributed by atoms with E-state index in [4.69, 9.17) is 16.3 Å². The molecule has 4 heteroatoms. The SMILES string of the molecule is CC(=O)OC1CC2CC1C1CN(c3cccc(Cl)c3)CC21. The van der Waals surface area contributed by atoms with E-state index in [2.05, 4.69) is 11.0 Å². The highest BCUT2D eigenvalue weighted by Crippen LogP contribution is 2.56. The van der Waals surface area contributed by atoms with Gasteiger partial charge in [0.05, 0.1) is 0 Å². The van der Waals surface area contributed by atoms with Gasteiger partial charge in [0, 0.05) is 36.6 Å². The van der Waals surface area contributed by atoms with E-state index in [0.29, 0.717) is 11.8 Å². The van der Waals surface area contributed by atoms with Gasteiger partial charge in [0.1, 0.15) is 6.10 Å². The predicted octanol–water partition coefficient (Wildman–Crippen LogP) is 3.36. The summed E-state index contributed by atoms with van der Waals surface area (Å²) in [6, 6.07) is 8.12. The van der Waals surface area contributed by atoms with E-state index in [0.717, 1.165) is 36.4 Å². The molecule has 1 heterocycles. The van der Waals surface area contributed by atoms with Gasteiger partial charge in [-0.25, -0.2) is 0 Å². The van der Waals surface area contributed by atoms with Crippen molar-refractivity contribution >= 4 is 23.3 Å². The fraction of sp³-hybridized carbons (Fsp3) is 0.588. The smallest absolute Gasteiger partial charge is 0.302 e. The number of esters is 1. The van der Waals surface area contributed by atoms with Crippen LogP contribution in [0.2, 0.25) is 5.02 Å². The third kappa shape index (κ3) is 2.22. The van der Waals surface area contributed by atoms with Crippen molar-refractivity contribution in [2.75, 3.05) is 18.0 Å². The number of halogens is 1. The van der Waals surface area contributed by atoms with E-state index in [9.17, 15) is 4.79 Å². The Labute approximate surface area is 130 Å². The minimum absolute atomic E-state index is 0.131. The van der Waals surface area contributed by atoms with Crippen LogP contribution in [0.25, 0.3) is 0 Å². The number of ether oxygens (including phenoxy) is 1. The average Bonchev–Trinajstić information content (AvgIpc) is 3.07. The molecule has 2 saturated carbocycles. The van der Waals surface area contributed by atoms with Gasteiger partial charge in [0.2, 0.25) is 0 Å². The Bertz CT molecular complexity index is 576. The Morgan fingerprint density at radius 1 is 1.24 bits per heavy atom. The number of hydrogen-bond acceptors (Lipinski definition) is 3. The van der Waals surface area contributed by atoms with Crippen LogP contribution in [0.1, 0.15) is 19.8 Å². The second kappa shape index (κ2) is 4.91. The van der Waals surface area contributed by atoms with Gasteiger partial charge in [-0.15, -0.1) is 0 Å². The largest absolute Gasteiger partial charge is 0.462 e. The summed E-state index contributed by atoms with van der Waals surface area (Å²) in [5.41, 5.74) is 1.22. The number of rotatable bonds is 2. The molecule has 4 rings (SSSR count). The van der Waals surface area contributed by atoms with Crippen molar-refractivity contribution in [3.63, 3.8) is 0 Å². The summed E-state index contributed by atoms with van der Waals surface area (Å²) >= 11 is 6.11. The second-order valence-electron chi connectivity index (χ2n) is 6.76. The molecular weight excluding hydrogens is 286 g/mol. The first kappa shape index (κ1) is 13.4. The third-order valence-corrected chi connectivity index (χ3v) is 5.88. The molecule has 3 fully saturated rings. The van der Waals surface area contributed by atoms with Crippen LogP contribution in [0.15, 0.2) is 24.3 Å². The average molecular weight is 306 g/mol. The Kier molecular flexibility index (Phi) is 3.14. The lowest BCUT2D eigenvalue weighted by Gasteiger charge is -2.29. The van der Waals surface area contributed by atoms with Crippen molar-refractivity contribution < 1.29 is 9.53 Å². The Hall–Kier alpha value is -1.22. The van der Waals surface area contributed by atoms with E-state index in [1.807, 2.05) is 18.2 Å². The topological polar surface area (TPSA) is 29.5 Å². The molecule has 1 saturated heterocycles. The van der Waals surface area contributed by atoms with Crippen molar-refractivity contribution in [1.29, 1.82) is 0 Å². The lowest BCUT2D eigenvalue weighted by Crippen LogP contribution is -2.33. The minimum atomic E-state index is -0.131. The maximum atomic E-state index is 11.2. The summed E-state index contributed by atoms with van der Waals surface area (Å²) in [5.74, 6) is 2.60. The molecule has 5 atom stereocenters. The summed E-state index contributed by atoms with van der Waals surface area (Å²) in [6.07, 6.45) is 2.47. The second-order valence-corrected chi connectivity index (χ2v) is 7.19. The normalized spacial score (nSPS) is 36.9. The number of nitrogens with zero attached hydrogens (tertiary/aromatic N) is 1. The van der Waals surface area contributed by atoms with E-state index in [1.165, 1.54) is 19.0 Å². The highest BCUT2D eigenvalue weighted by Gasteiger charge is 2.56. The van der Waals surface area contributed by atoms with Gasteiger partial charge >= 0.3 is 5.97 Å². The standard InChI is InChI=1S/C17H20ClNO2/c1-10(20)21-17-6-11-5-14(17)16-9-19(8-15(11)16)13-4-2-3-12(18)7-13/h2-4,7,11,14-17H,5-6,8-9H2,1H3. The van der Waals surface area contributed by atoms with Crippen LogP contribution < -0.4 is 4.90 Å².